The standard InChI is InChI=1S/C14H15F2N3O3S/c1-9-17-13(18-22-9)14(6-2-3-7-14)19-23(20,21)12-8-10(15)4-5-11(12)16/h4-5,8,19H,2-3,6-7H2,1H3. The van der Waals surface area contributed by atoms with Gasteiger partial charge >= 0.3 is 0 Å². The van der Waals surface area contributed by atoms with Gasteiger partial charge in [-0.25, -0.2) is 17.2 Å². The van der Waals surface area contributed by atoms with Gasteiger partial charge in [0.1, 0.15) is 16.5 Å². The molecule has 1 saturated carbocycles. The smallest absolute Gasteiger partial charge is 0.244 e. The maximum Gasteiger partial charge on any atom is 0.244 e. The first-order valence-electron chi connectivity index (χ1n) is 7.12. The largest absolute Gasteiger partial charge is 0.340 e. The molecular formula is C14H15F2N3O3S. The van der Waals surface area contributed by atoms with Crippen molar-refractivity contribution in [1.82, 2.24) is 14.9 Å². The number of sulfonamides is 1. The number of rotatable bonds is 4. The molecule has 0 unspecified atom stereocenters. The minimum Gasteiger partial charge on any atom is -0.340 e. The molecule has 6 nitrogen and oxygen atoms in total. The molecule has 1 heterocycles. The van der Waals surface area contributed by atoms with Crippen molar-refractivity contribution < 1.29 is 21.7 Å². The summed E-state index contributed by atoms with van der Waals surface area (Å²) < 4.78 is 59.6. The van der Waals surface area contributed by atoms with Crippen molar-refractivity contribution in [3.8, 4) is 0 Å². The number of hydrogen-bond donors (Lipinski definition) is 1. The van der Waals surface area contributed by atoms with Gasteiger partial charge in [0, 0.05) is 6.92 Å². The zero-order valence-corrected chi connectivity index (χ0v) is 13.2. The van der Waals surface area contributed by atoms with Crippen molar-refractivity contribution in [3.63, 3.8) is 0 Å². The maximum atomic E-state index is 13.8. The van der Waals surface area contributed by atoms with E-state index in [4.69, 9.17) is 4.52 Å². The van der Waals surface area contributed by atoms with Crippen LogP contribution in [0.1, 0.15) is 37.4 Å². The Bertz CT molecular complexity index is 830. The lowest BCUT2D eigenvalue weighted by molar-refractivity contribution is 0.337. The van der Waals surface area contributed by atoms with Gasteiger partial charge in [0.05, 0.1) is 5.54 Å². The van der Waals surface area contributed by atoms with Crippen molar-refractivity contribution in [2.75, 3.05) is 0 Å². The highest BCUT2D eigenvalue weighted by molar-refractivity contribution is 7.89. The van der Waals surface area contributed by atoms with Crippen molar-refractivity contribution in [2.45, 2.75) is 43.0 Å². The predicted octanol–water partition coefficient (Wildman–Crippen LogP) is 2.40. The third-order valence-electron chi connectivity index (χ3n) is 3.93. The Kier molecular flexibility index (Phi) is 3.93. The molecule has 23 heavy (non-hydrogen) atoms. The Morgan fingerprint density at radius 3 is 2.57 bits per heavy atom. The molecule has 0 atom stereocenters. The second kappa shape index (κ2) is 5.64. The van der Waals surface area contributed by atoms with Crippen LogP contribution >= 0.6 is 0 Å². The van der Waals surface area contributed by atoms with E-state index in [0.29, 0.717) is 24.8 Å². The predicted molar refractivity (Wildman–Crippen MR) is 75.9 cm³/mol. The van der Waals surface area contributed by atoms with E-state index in [0.717, 1.165) is 25.0 Å². The number of halogens is 2. The summed E-state index contributed by atoms with van der Waals surface area (Å²) in [6, 6.07) is 2.30. The second-order valence-electron chi connectivity index (χ2n) is 5.61. The monoisotopic (exact) mass is 343 g/mol. The Morgan fingerprint density at radius 1 is 1.26 bits per heavy atom. The van der Waals surface area contributed by atoms with Crippen molar-refractivity contribution >= 4 is 10.0 Å². The number of nitrogens with zero attached hydrogens (tertiary/aromatic N) is 2. The Morgan fingerprint density at radius 2 is 1.96 bits per heavy atom. The van der Waals surface area contributed by atoms with E-state index in [-0.39, 0.29) is 5.82 Å². The van der Waals surface area contributed by atoms with Crippen LogP contribution in [0, 0.1) is 18.6 Å². The molecule has 1 aliphatic carbocycles. The molecule has 0 bridgehead atoms. The molecule has 3 rings (SSSR count). The van der Waals surface area contributed by atoms with Crippen LogP contribution in [0.15, 0.2) is 27.6 Å². The van der Waals surface area contributed by atoms with Crippen molar-refractivity contribution in [3.05, 3.63) is 41.5 Å². The zero-order chi connectivity index (χ0) is 16.7. The Labute approximate surface area is 131 Å². The van der Waals surface area contributed by atoms with Crippen LogP contribution < -0.4 is 4.72 Å². The van der Waals surface area contributed by atoms with E-state index in [1.54, 1.807) is 6.92 Å². The number of aryl methyl sites for hydroxylation is 1. The fourth-order valence-corrected chi connectivity index (χ4v) is 4.35. The van der Waals surface area contributed by atoms with Gasteiger partial charge in [-0.3, -0.25) is 0 Å². The molecule has 0 spiro atoms. The summed E-state index contributed by atoms with van der Waals surface area (Å²) in [5.41, 5.74) is -1.06. The van der Waals surface area contributed by atoms with E-state index in [9.17, 15) is 17.2 Å². The molecular weight excluding hydrogens is 328 g/mol. The van der Waals surface area contributed by atoms with Gasteiger partial charge in [-0.2, -0.15) is 9.71 Å². The molecule has 1 aliphatic rings. The fourth-order valence-electron chi connectivity index (χ4n) is 2.84. The normalized spacial score (nSPS) is 17.5. The van der Waals surface area contributed by atoms with Crippen LogP contribution in [0.2, 0.25) is 0 Å². The number of hydrogen-bond acceptors (Lipinski definition) is 5. The van der Waals surface area contributed by atoms with Gasteiger partial charge < -0.3 is 4.52 Å². The van der Waals surface area contributed by atoms with Gasteiger partial charge in [-0.15, -0.1) is 0 Å². The highest BCUT2D eigenvalue weighted by Gasteiger charge is 2.43. The topological polar surface area (TPSA) is 85.1 Å². The van der Waals surface area contributed by atoms with Gasteiger partial charge in [-0.05, 0) is 31.0 Å². The molecule has 1 aromatic carbocycles. The molecule has 1 N–H and O–H groups in total. The lowest BCUT2D eigenvalue weighted by Crippen LogP contribution is -2.44. The molecule has 124 valence electrons. The highest BCUT2D eigenvalue weighted by atomic mass is 32.2. The van der Waals surface area contributed by atoms with Crippen LogP contribution in [0.4, 0.5) is 8.78 Å². The van der Waals surface area contributed by atoms with Gasteiger partial charge in [-0.1, -0.05) is 18.0 Å². The van der Waals surface area contributed by atoms with Crippen LogP contribution in [0.5, 0.6) is 0 Å². The molecule has 1 fully saturated rings. The van der Waals surface area contributed by atoms with Gasteiger partial charge in [0.15, 0.2) is 5.82 Å². The van der Waals surface area contributed by atoms with E-state index >= 15 is 0 Å². The van der Waals surface area contributed by atoms with Crippen LogP contribution in [-0.2, 0) is 15.6 Å². The summed E-state index contributed by atoms with van der Waals surface area (Å²) in [6.07, 6.45) is 2.45. The summed E-state index contributed by atoms with van der Waals surface area (Å²) in [6.45, 7) is 1.60. The summed E-state index contributed by atoms with van der Waals surface area (Å²) >= 11 is 0. The summed E-state index contributed by atoms with van der Waals surface area (Å²) in [7, 11) is -4.28. The van der Waals surface area contributed by atoms with Crippen LogP contribution in [0.25, 0.3) is 0 Å². The van der Waals surface area contributed by atoms with Gasteiger partial charge in [0.25, 0.3) is 0 Å². The molecule has 0 aliphatic heterocycles. The molecule has 2 aromatic rings. The van der Waals surface area contributed by atoms with E-state index < -0.39 is 32.1 Å². The number of nitrogens with one attached hydrogen (secondary N) is 1. The summed E-state index contributed by atoms with van der Waals surface area (Å²) in [5, 5.41) is 3.81. The first kappa shape index (κ1) is 16.0. The lowest BCUT2D eigenvalue weighted by Gasteiger charge is -2.26. The highest BCUT2D eigenvalue weighted by Crippen LogP contribution is 2.38. The average molecular weight is 343 g/mol. The number of aromatic nitrogens is 2. The van der Waals surface area contributed by atoms with Gasteiger partial charge in [0.2, 0.25) is 15.9 Å². The van der Waals surface area contributed by atoms with Crippen LogP contribution in [-0.4, -0.2) is 18.6 Å². The minimum absolute atomic E-state index is 0.216. The Hall–Kier alpha value is -1.87. The quantitative estimate of drug-likeness (QED) is 0.921. The third kappa shape index (κ3) is 2.98. The molecule has 0 radical (unpaired) electrons. The molecule has 0 saturated heterocycles. The maximum absolute atomic E-state index is 13.8. The first-order valence-corrected chi connectivity index (χ1v) is 8.61. The van der Waals surface area contributed by atoms with Crippen molar-refractivity contribution in [1.29, 1.82) is 0 Å². The van der Waals surface area contributed by atoms with Crippen LogP contribution in [0.3, 0.4) is 0 Å². The molecule has 0 amide bonds. The van der Waals surface area contributed by atoms with Crippen molar-refractivity contribution in [2.24, 2.45) is 0 Å². The first-order chi connectivity index (χ1) is 10.8. The van der Waals surface area contributed by atoms with E-state index in [1.165, 1.54) is 0 Å². The summed E-state index contributed by atoms with van der Waals surface area (Å²) in [4.78, 5) is 3.38. The molecule has 1 aromatic heterocycles. The third-order valence-corrected chi connectivity index (χ3v) is 5.48. The number of benzene rings is 1. The SMILES string of the molecule is Cc1nc(C2(NS(=O)(=O)c3cc(F)ccc3F)CCCC2)no1. The fraction of sp³-hybridized carbons (Fsp3) is 0.429. The zero-order valence-electron chi connectivity index (χ0n) is 12.3. The lowest BCUT2D eigenvalue weighted by atomic mass is 9.99. The van der Waals surface area contributed by atoms with E-state index in [1.807, 2.05) is 0 Å². The van der Waals surface area contributed by atoms with E-state index in [2.05, 4.69) is 14.9 Å². The Balaban J connectivity index is 2.01. The summed E-state index contributed by atoms with van der Waals surface area (Å²) in [5.74, 6) is -1.32. The minimum atomic E-state index is -4.28. The second-order valence-corrected chi connectivity index (χ2v) is 7.26. The molecule has 9 heteroatoms. The average Bonchev–Trinajstić information content (AvgIpc) is 3.11.